The van der Waals surface area contributed by atoms with Crippen LogP contribution in [0.25, 0.3) is 11.3 Å². The standard InChI is InChI=1S/C20H17ClN2O3/c1-12-17(11-19(26-12)16-5-3-4-6-18(16)21)20(25)23-15-9-7-14(8-10-15)22-13(2)24/h3-11H,1-2H3,(H,22,24)(H,23,25). The van der Waals surface area contributed by atoms with Crippen molar-refractivity contribution < 1.29 is 14.0 Å². The molecule has 0 aliphatic heterocycles. The molecule has 0 bridgehead atoms. The number of benzene rings is 2. The van der Waals surface area contributed by atoms with Gasteiger partial charge in [0.05, 0.1) is 10.6 Å². The Hall–Kier alpha value is -3.05. The fraction of sp³-hybridized carbons (Fsp3) is 0.100. The molecule has 0 radical (unpaired) electrons. The van der Waals surface area contributed by atoms with Crippen LogP contribution in [0.3, 0.4) is 0 Å². The van der Waals surface area contributed by atoms with E-state index in [4.69, 9.17) is 16.0 Å². The van der Waals surface area contributed by atoms with E-state index >= 15 is 0 Å². The monoisotopic (exact) mass is 368 g/mol. The molecule has 0 spiro atoms. The van der Waals surface area contributed by atoms with Gasteiger partial charge in [-0.2, -0.15) is 0 Å². The fourth-order valence-corrected chi connectivity index (χ4v) is 2.77. The molecule has 2 N–H and O–H groups in total. The van der Waals surface area contributed by atoms with E-state index in [9.17, 15) is 9.59 Å². The molecule has 0 unspecified atom stereocenters. The van der Waals surface area contributed by atoms with Gasteiger partial charge in [0.2, 0.25) is 5.91 Å². The molecule has 0 aliphatic rings. The van der Waals surface area contributed by atoms with Gasteiger partial charge in [-0.1, -0.05) is 23.7 Å². The Labute approximate surface area is 156 Å². The second-order valence-corrected chi connectivity index (χ2v) is 6.18. The molecule has 1 aromatic heterocycles. The minimum Gasteiger partial charge on any atom is -0.460 e. The van der Waals surface area contributed by atoms with E-state index in [0.717, 1.165) is 5.56 Å². The van der Waals surface area contributed by atoms with Gasteiger partial charge in [-0.3, -0.25) is 9.59 Å². The van der Waals surface area contributed by atoms with Crippen molar-refractivity contribution in [3.05, 3.63) is 70.9 Å². The lowest BCUT2D eigenvalue weighted by Gasteiger charge is -2.06. The maximum Gasteiger partial charge on any atom is 0.259 e. The number of furan rings is 1. The molecule has 0 aliphatic carbocycles. The summed E-state index contributed by atoms with van der Waals surface area (Å²) in [6.07, 6.45) is 0. The van der Waals surface area contributed by atoms with Gasteiger partial charge in [0.15, 0.2) is 0 Å². The molecule has 0 saturated carbocycles. The smallest absolute Gasteiger partial charge is 0.259 e. The van der Waals surface area contributed by atoms with E-state index in [2.05, 4.69) is 10.6 Å². The van der Waals surface area contributed by atoms with Crippen LogP contribution in [0.4, 0.5) is 11.4 Å². The maximum absolute atomic E-state index is 12.6. The second kappa shape index (κ2) is 7.45. The topological polar surface area (TPSA) is 71.3 Å². The summed E-state index contributed by atoms with van der Waals surface area (Å²) >= 11 is 6.19. The normalized spacial score (nSPS) is 10.4. The Morgan fingerprint density at radius 3 is 2.19 bits per heavy atom. The lowest BCUT2D eigenvalue weighted by molar-refractivity contribution is -0.114. The summed E-state index contributed by atoms with van der Waals surface area (Å²) in [6.45, 7) is 3.17. The van der Waals surface area contributed by atoms with Crippen LogP contribution in [-0.4, -0.2) is 11.8 Å². The average Bonchev–Trinajstić information content (AvgIpc) is 2.98. The molecule has 0 fully saturated rings. The number of rotatable bonds is 4. The summed E-state index contributed by atoms with van der Waals surface area (Å²) in [7, 11) is 0. The van der Waals surface area contributed by atoms with Crippen molar-refractivity contribution in [1.82, 2.24) is 0 Å². The van der Waals surface area contributed by atoms with Gasteiger partial charge in [-0.15, -0.1) is 0 Å². The Morgan fingerprint density at radius 1 is 0.962 bits per heavy atom. The van der Waals surface area contributed by atoms with E-state index in [1.807, 2.05) is 18.2 Å². The van der Waals surface area contributed by atoms with Crippen molar-refractivity contribution in [2.75, 3.05) is 10.6 Å². The number of nitrogens with one attached hydrogen (secondary N) is 2. The number of hydrogen-bond acceptors (Lipinski definition) is 3. The molecule has 2 aromatic carbocycles. The molecule has 3 rings (SSSR count). The summed E-state index contributed by atoms with van der Waals surface area (Å²) < 4.78 is 5.71. The first kappa shape index (κ1) is 17.8. The van der Waals surface area contributed by atoms with E-state index in [-0.39, 0.29) is 11.8 Å². The van der Waals surface area contributed by atoms with Crippen molar-refractivity contribution in [2.24, 2.45) is 0 Å². The van der Waals surface area contributed by atoms with Crippen LogP contribution in [0.1, 0.15) is 23.0 Å². The Morgan fingerprint density at radius 2 is 1.58 bits per heavy atom. The van der Waals surface area contributed by atoms with Crippen LogP contribution < -0.4 is 10.6 Å². The summed E-state index contributed by atoms with van der Waals surface area (Å²) in [5, 5.41) is 6.05. The molecule has 26 heavy (non-hydrogen) atoms. The van der Waals surface area contributed by atoms with Gasteiger partial charge in [0.1, 0.15) is 11.5 Å². The van der Waals surface area contributed by atoms with E-state index in [0.29, 0.717) is 33.5 Å². The lowest BCUT2D eigenvalue weighted by atomic mass is 10.1. The number of halogens is 1. The first-order valence-corrected chi connectivity index (χ1v) is 8.36. The summed E-state index contributed by atoms with van der Waals surface area (Å²) in [5.74, 6) is 0.617. The third-order valence-electron chi connectivity index (χ3n) is 3.76. The Bertz CT molecular complexity index is 961. The first-order chi connectivity index (χ1) is 12.4. The molecule has 0 atom stereocenters. The maximum atomic E-state index is 12.6. The number of aryl methyl sites for hydroxylation is 1. The zero-order valence-electron chi connectivity index (χ0n) is 14.3. The highest BCUT2D eigenvalue weighted by molar-refractivity contribution is 6.33. The number of carbonyl (C=O) groups excluding carboxylic acids is 2. The average molecular weight is 369 g/mol. The third kappa shape index (κ3) is 3.95. The Balaban J connectivity index is 1.78. The van der Waals surface area contributed by atoms with Crippen LogP contribution in [-0.2, 0) is 4.79 Å². The van der Waals surface area contributed by atoms with Crippen molar-refractivity contribution in [3.8, 4) is 11.3 Å². The van der Waals surface area contributed by atoms with Gasteiger partial charge in [-0.05, 0) is 49.4 Å². The summed E-state index contributed by atoms with van der Waals surface area (Å²) in [6, 6.07) is 15.8. The fourth-order valence-electron chi connectivity index (χ4n) is 2.54. The Kier molecular flexibility index (Phi) is 5.09. The first-order valence-electron chi connectivity index (χ1n) is 7.98. The van der Waals surface area contributed by atoms with Crippen molar-refractivity contribution >= 4 is 34.8 Å². The van der Waals surface area contributed by atoms with Crippen LogP contribution in [0, 0.1) is 6.92 Å². The lowest BCUT2D eigenvalue weighted by Crippen LogP contribution is -2.12. The SMILES string of the molecule is CC(=O)Nc1ccc(NC(=O)c2cc(-c3ccccc3Cl)oc2C)cc1. The number of anilines is 2. The third-order valence-corrected chi connectivity index (χ3v) is 4.09. The highest BCUT2D eigenvalue weighted by Gasteiger charge is 2.17. The zero-order valence-corrected chi connectivity index (χ0v) is 15.1. The molecule has 1 heterocycles. The molecule has 0 saturated heterocycles. The number of carbonyl (C=O) groups is 2. The van der Waals surface area contributed by atoms with Crippen LogP contribution in [0.15, 0.2) is 59.0 Å². The molecule has 5 nitrogen and oxygen atoms in total. The molecular formula is C20H17ClN2O3. The predicted molar refractivity (Wildman–Crippen MR) is 103 cm³/mol. The predicted octanol–water partition coefficient (Wildman–Crippen LogP) is 5.12. The number of hydrogen-bond donors (Lipinski definition) is 2. The van der Waals surface area contributed by atoms with Crippen molar-refractivity contribution in [2.45, 2.75) is 13.8 Å². The van der Waals surface area contributed by atoms with E-state index < -0.39 is 0 Å². The molecule has 132 valence electrons. The number of amides is 2. The van der Waals surface area contributed by atoms with Gasteiger partial charge < -0.3 is 15.1 Å². The molecule has 2 amide bonds. The van der Waals surface area contributed by atoms with Crippen LogP contribution in [0.2, 0.25) is 5.02 Å². The van der Waals surface area contributed by atoms with Crippen molar-refractivity contribution in [3.63, 3.8) is 0 Å². The van der Waals surface area contributed by atoms with Gasteiger partial charge in [0.25, 0.3) is 5.91 Å². The summed E-state index contributed by atoms with van der Waals surface area (Å²) in [5.41, 5.74) is 2.45. The van der Waals surface area contributed by atoms with Crippen LogP contribution >= 0.6 is 11.6 Å². The highest BCUT2D eigenvalue weighted by Crippen LogP contribution is 2.31. The molecule has 6 heteroatoms. The van der Waals surface area contributed by atoms with Crippen molar-refractivity contribution in [1.29, 1.82) is 0 Å². The largest absolute Gasteiger partial charge is 0.460 e. The van der Waals surface area contributed by atoms with Gasteiger partial charge in [-0.25, -0.2) is 0 Å². The second-order valence-electron chi connectivity index (χ2n) is 5.77. The van der Waals surface area contributed by atoms with Gasteiger partial charge in [0, 0.05) is 23.9 Å². The quantitative estimate of drug-likeness (QED) is 0.671. The van der Waals surface area contributed by atoms with E-state index in [1.165, 1.54) is 6.92 Å². The van der Waals surface area contributed by atoms with E-state index in [1.54, 1.807) is 43.3 Å². The minimum absolute atomic E-state index is 0.150. The van der Waals surface area contributed by atoms with Crippen LogP contribution in [0.5, 0.6) is 0 Å². The zero-order chi connectivity index (χ0) is 18.7. The highest BCUT2D eigenvalue weighted by atomic mass is 35.5. The minimum atomic E-state index is -0.281. The molecule has 3 aromatic rings. The van der Waals surface area contributed by atoms with Gasteiger partial charge >= 0.3 is 0 Å². The molecular weight excluding hydrogens is 352 g/mol. The summed E-state index contributed by atoms with van der Waals surface area (Å²) in [4.78, 5) is 23.6.